The second-order valence-corrected chi connectivity index (χ2v) is 8.43. The van der Waals surface area contributed by atoms with Gasteiger partial charge in [0.15, 0.2) is 0 Å². The van der Waals surface area contributed by atoms with Crippen LogP contribution >= 0.6 is 11.3 Å². The Morgan fingerprint density at radius 2 is 1.84 bits per heavy atom. The molecule has 0 bridgehead atoms. The van der Waals surface area contributed by atoms with Crippen molar-refractivity contribution in [3.05, 3.63) is 76.1 Å². The minimum Gasteiger partial charge on any atom is -0.462 e. The van der Waals surface area contributed by atoms with E-state index >= 15 is 0 Å². The molecule has 0 fully saturated rings. The number of fused-ring (bicyclic) bond motifs is 1. The zero-order valence-corrected chi connectivity index (χ0v) is 18.7. The molecule has 158 valence electrons. The number of amides is 1. The molecule has 0 radical (unpaired) electrons. The van der Waals surface area contributed by atoms with Gasteiger partial charge in [0.05, 0.1) is 12.3 Å². The fraction of sp³-hybridized carbons (Fsp3) is 0.208. The van der Waals surface area contributed by atoms with Crippen LogP contribution in [0.5, 0.6) is 0 Å². The number of ether oxygens (including phenoxy) is 1. The van der Waals surface area contributed by atoms with Crippen molar-refractivity contribution in [1.82, 2.24) is 9.38 Å². The number of imidazole rings is 1. The quantitative estimate of drug-likeness (QED) is 0.427. The summed E-state index contributed by atoms with van der Waals surface area (Å²) in [6.07, 6.45) is 1.82. The van der Waals surface area contributed by atoms with E-state index in [1.807, 2.05) is 69.4 Å². The van der Waals surface area contributed by atoms with Crippen molar-refractivity contribution in [2.24, 2.45) is 0 Å². The lowest BCUT2D eigenvalue weighted by Crippen LogP contribution is -2.17. The number of hydrogen-bond donors (Lipinski definition) is 1. The number of pyridine rings is 1. The number of thiophene rings is 1. The summed E-state index contributed by atoms with van der Waals surface area (Å²) in [4.78, 5) is 31.6. The second-order valence-electron chi connectivity index (χ2n) is 7.21. The van der Waals surface area contributed by atoms with Crippen LogP contribution in [-0.2, 0) is 4.74 Å². The van der Waals surface area contributed by atoms with E-state index in [1.54, 1.807) is 11.3 Å². The predicted molar refractivity (Wildman–Crippen MR) is 123 cm³/mol. The number of esters is 1. The summed E-state index contributed by atoms with van der Waals surface area (Å²) in [6.45, 7) is 7.72. The van der Waals surface area contributed by atoms with Crippen molar-refractivity contribution in [3.63, 3.8) is 0 Å². The largest absolute Gasteiger partial charge is 0.462 e. The van der Waals surface area contributed by atoms with E-state index in [9.17, 15) is 9.59 Å². The van der Waals surface area contributed by atoms with Gasteiger partial charge in [-0.05, 0) is 44.9 Å². The third-order valence-electron chi connectivity index (χ3n) is 5.09. The number of aryl methyl sites for hydroxylation is 3. The topological polar surface area (TPSA) is 72.7 Å². The van der Waals surface area contributed by atoms with Gasteiger partial charge in [0.2, 0.25) is 0 Å². The molecule has 0 atom stereocenters. The molecule has 0 saturated heterocycles. The molecule has 4 rings (SSSR count). The molecule has 7 heteroatoms. The van der Waals surface area contributed by atoms with Crippen molar-refractivity contribution in [2.75, 3.05) is 11.9 Å². The highest BCUT2D eigenvalue weighted by Gasteiger charge is 2.27. The molecule has 1 N–H and O–H groups in total. The van der Waals surface area contributed by atoms with Gasteiger partial charge in [-0.3, -0.25) is 9.20 Å². The van der Waals surface area contributed by atoms with Gasteiger partial charge in [-0.15, -0.1) is 11.3 Å². The van der Waals surface area contributed by atoms with E-state index in [-0.39, 0.29) is 12.5 Å². The van der Waals surface area contributed by atoms with Crippen LogP contribution in [0.1, 0.15) is 43.9 Å². The lowest BCUT2D eigenvalue weighted by molar-refractivity contribution is 0.0529. The molecular formula is C24H23N3O3S. The summed E-state index contributed by atoms with van der Waals surface area (Å²) in [5.41, 5.74) is 4.86. The Hall–Kier alpha value is -3.45. The number of nitrogens with one attached hydrogen (secondary N) is 1. The standard InChI is InChI=1S/C24H23N3O3S/c1-5-30-24(29)19-18(17-11-7-6-8-12-17)16(4)31-23(19)26-22(28)20-15(3)25-21-14(2)10-9-13-27(20)21/h6-13H,5H2,1-4H3,(H,26,28). The van der Waals surface area contributed by atoms with Gasteiger partial charge in [0, 0.05) is 16.6 Å². The van der Waals surface area contributed by atoms with Crippen molar-refractivity contribution >= 4 is 33.9 Å². The molecule has 31 heavy (non-hydrogen) atoms. The van der Waals surface area contributed by atoms with Gasteiger partial charge in [0.1, 0.15) is 21.9 Å². The zero-order chi connectivity index (χ0) is 22.1. The highest BCUT2D eigenvalue weighted by molar-refractivity contribution is 7.17. The summed E-state index contributed by atoms with van der Waals surface area (Å²) in [5, 5.41) is 3.43. The van der Waals surface area contributed by atoms with Crippen LogP contribution in [0.15, 0.2) is 48.7 Å². The number of nitrogens with zero attached hydrogens (tertiary/aromatic N) is 2. The minimum absolute atomic E-state index is 0.251. The van der Waals surface area contributed by atoms with Crippen LogP contribution in [0.3, 0.4) is 0 Å². The lowest BCUT2D eigenvalue weighted by Gasteiger charge is -2.09. The molecule has 0 aliphatic carbocycles. The fourth-order valence-corrected chi connectivity index (χ4v) is 4.80. The van der Waals surface area contributed by atoms with Gasteiger partial charge in [-0.2, -0.15) is 0 Å². The molecule has 4 aromatic rings. The second kappa shape index (κ2) is 8.35. The molecule has 0 saturated carbocycles. The number of anilines is 1. The predicted octanol–water partition coefficient (Wildman–Crippen LogP) is 5.42. The number of aromatic nitrogens is 2. The van der Waals surface area contributed by atoms with Gasteiger partial charge >= 0.3 is 5.97 Å². The first kappa shape index (κ1) is 20.8. The van der Waals surface area contributed by atoms with Crippen molar-refractivity contribution in [2.45, 2.75) is 27.7 Å². The van der Waals surface area contributed by atoms with Crippen LogP contribution in [-0.4, -0.2) is 27.9 Å². The van der Waals surface area contributed by atoms with Crippen molar-refractivity contribution in [3.8, 4) is 11.1 Å². The third-order valence-corrected chi connectivity index (χ3v) is 6.11. The highest BCUT2D eigenvalue weighted by Crippen LogP contribution is 2.40. The first-order chi connectivity index (χ1) is 14.9. The molecule has 1 amide bonds. The number of rotatable bonds is 5. The molecule has 0 aliphatic rings. The average Bonchev–Trinajstić information content (AvgIpc) is 3.25. The summed E-state index contributed by atoms with van der Waals surface area (Å²) >= 11 is 1.37. The number of carbonyl (C=O) groups is 2. The van der Waals surface area contributed by atoms with Crippen molar-refractivity contribution in [1.29, 1.82) is 0 Å². The summed E-state index contributed by atoms with van der Waals surface area (Å²) in [5.74, 6) is -0.770. The van der Waals surface area contributed by atoms with Crippen molar-refractivity contribution < 1.29 is 14.3 Å². The fourth-order valence-electron chi connectivity index (χ4n) is 3.74. The molecular weight excluding hydrogens is 410 g/mol. The Bertz CT molecular complexity index is 1290. The Morgan fingerprint density at radius 3 is 2.55 bits per heavy atom. The third kappa shape index (κ3) is 3.72. The summed E-state index contributed by atoms with van der Waals surface area (Å²) in [6, 6.07) is 13.5. The lowest BCUT2D eigenvalue weighted by atomic mass is 10.0. The smallest absolute Gasteiger partial charge is 0.341 e. The number of benzene rings is 1. The van der Waals surface area contributed by atoms with Crippen LogP contribution in [0, 0.1) is 20.8 Å². The van der Waals surface area contributed by atoms with Crippen LogP contribution in [0.25, 0.3) is 16.8 Å². The van der Waals surface area contributed by atoms with Crippen LogP contribution in [0.4, 0.5) is 5.00 Å². The van der Waals surface area contributed by atoms with Gasteiger partial charge < -0.3 is 10.1 Å². The first-order valence-electron chi connectivity index (χ1n) is 10.0. The van der Waals surface area contributed by atoms with E-state index in [0.29, 0.717) is 22.0 Å². The van der Waals surface area contributed by atoms with Gasteiger partial charge in [-0.1, -0.05) is 36.4 Å². The number of hydrogen-bond acceptors (Lipinski definition) is 5. The maximum Gasteiger partial charge on any atom is 0.341 e. The molecule has 3 heterocycles. The minimum atomic E-state index is -0.452. The summed E-state index contributed by atoms with van der Waals surface area (Å²) < 4.78 is 7.11. The maximum absolute atomic E-state index is 13.3. The van der Waals surface area contributed by atoms with Crippen LogP contribution in [0.2, 0.25) is 0 Å². The Balaban J connectivity index is 1.81. The molecule has 0 spiro atoms. The van der Waals surface area contributed by atoms with E-state index in [1.165, 1.54) is 11.3 Å². The van der Waals surface area contributed by atoms with Gasteiger partial charge in [0.25, 0.3) is 5.91 Å². The highest BCUT2D eigenvalue weighted by atomic mass is 32.1. The summed E-state index contributed by atoms with van der Waals surface area (Å²) in [7, 11) is 0. The van der Waals surface area contributed by atoms with E-state index in [0.717, 1.165) is 27.2 Å². The molecule has 6 nitrogen and oxygen atoms in total. The maximum atomic E-state index is 13.3. The molecule has 0 unspecified atom stereocenters. The Morgan fingerprint density at radius 1 is 1.10 bits per heavy atom. The normalized spacial score (nSPS) is 11.0. The Kier molecular flexibility index (Phi) is 5.61. The monoisotopic (exact) mass is 433 g/mol. The SMILES string of the molecule is CCOC(=O)c1c(NC(=O)c2c(C)nc3c(C)cccn23)sc(C)c1-c1ccccc1. The van der Waals surface area contributed by atoms with E-state index in [2.05, 4.69) is 10.3 Å². The molecule has 1 aromatic carbocycles. The number of carbonyl (C=O) groups excluding carboxylic acids is 2. The first-order valence-corrected chi connectivity index (χ1v) is 10.9. The van der Waals surface area contributed by atoms with E-state index in [4.69, 9.17) is 4.74 Å². The molecule has 0 aliphatic heterocycles. The zero-order valence-electron chi connectivity index (χ0n) is 17.9. The van der Waals surface area contributed by atoms with Crippen LogP contribution < -0.4 is 5.32 Å². The van der Waals surface area contributed by atoms with Gasteiger partial charge in [-0.25, -0.2) is 9.78 Å². The molecule has 3 aromatic heterocycles. The van der Waals surface area contributed by atoms with E-state index < -0.39 is 5.97 Å². The Labute approximate surface area is 184 Å². The average molecular weight is 434 g/mol.